The fourth-order valence-electron chi connectivity index (χ4n) is 2.18. The second kappa shape index (κ2) is 11.1. The molecule has 1 aliphatic rings. The maximum Gasteiger partial charge on any atom is 0.243 e. The van der Waals surface area contributed by atoms with E-state index in [1.807, 2.05) is 0 Å². The molecule has 0 atom stereocenters. The van der Waals surface area contributed by atoms with E-state index in [-0.39, 0.29) is 36.4 Å². The summed E-state index contributed by atoms with van der Waals surface area (Å²) < 4.78 is 0. The van der Waals surface area contributed by atoms with Crippen molar-refractivity contribution >= 4 is 35.8 Å². The summed E-state index contributed by atoms with van der Waals surface area (Å²) in [5.74, 6) is 1.48. The van der Waals surface area contributed by atoms with Crippen LogP contribution >= 0.6 is 24.0 Å². The number of carbonyl (C=O) groups is 1. The summed E-state index contributed by atoms with van der Waals surface area (Å²) in [6.07, 6.45) is 6.08. The largest absolute Gasteiger partial charge is 0.356 e. The minimum atomic E-state index is 0. The van der Waals surface area contributed by atoms with Crippen molar-refractivity contribution in [1.29, 1.82) is 0 Å². The van der Waals surface area contributed by atoms with Gasteiger partial charge in [-0.05, 0) is 25.2 Å². The van der Waals surface area contributed by atoms with Crippen LogP contribution in [0.1, 0.15) is 46.0 Å². The van der Waals surface area contributed by atoms with Crippen LogP contribution in [-0.4, -0.2) is 50.0 Å². The fraction of sp³-hybridized carbons (Fsp3) is 0.867. The Morgan fingerprint density at radius 2 is 1.90 bits per heavy atom. The smallest absolute Gasteiger partial charge is 0.243 e. The molecule has 2 N–H and O–H groups in total. The molecule has 0 unspecified atom stereocenters. The van der Waals surface area contributed by atoms with Crippen molar-refractivity contribution in [2.45, 2.75) is 52.0 Å². The topological polar surface area (TPSA) is 56.7 Å². The van der Waals surface area contributed by atoms with Gasteiger partial charge in [0, 0.05) is 26.7 Å². The Morgan fingerprint density at radius 1 is 1.29 bits per heavy atom. The van der Waals surface area contributed by atoms with Crippen molar-refractivity contribution in [3.05, 3.63) is 0 Å². The summed E-state index contributed by atoms with van der Waals surface area (Å²) in [5.41, 5.74) is 0. The minimum Gasteiger partial charge on any atom is -0.356 e. The number of halogens is 1. The van der Waals surface area contributed by atoms with Crippen LogP contribution in [-0.2, 0) is 4.79 Å². The summed E-state index contributed by atoms with van der Waals surface area (Å²) >= 11 is 0. The zero-order chi connectivity index (χ0) is 15.0. The number of amides is 1. The van der Waals surface area contributed by atoms with Crippen LogP contribution in [0.15, 0.2) is 4.99 Å². The van der Waals surface area contributed by atoms with Crippen LogP contribution in [0.25, 0.3) is 0 Å². The number of hydrogen-bond acceptors (Lipinski definition) is 2. The SMILES string of the molecule is CC(C)CCNC(=NCC(=O)N(C)C)NC1CCCC1.I. The number of aliphatic imine (C=N–C) groups is 1. The zero-order valence-corrected chi connectivity index (χ0v) is 16.1. The van der Waals surface area contributed by atoms with Gasteiger partial charge in [-0.25, -0.2) is 4.99 Å². The Bertz CT molecular complexity index is 326. The molecule has 0 spiro atoms. The monoisotopic (exact) mass is 410 g/mol. The number of nitrogens with zero attached hydrogens (tertiary/aromatic N) is 2. The zero-order valence-electron chi connectivity index (χ0n) is 13.8. The van der Waals surface area contributed by atoms with Gasteiger partial charge >= 0.3 is 0 Å². The van der Waals surface area contributed by atoms with Gasteiger partial charge in [-0.2, -0.15) is 0 Å². The van der Waals surface area contributed by atoms with Gasteiger partial charge in [-0.3, -0.25) is 4.79 Å². The van der Waals surface area contributed by atoms with Crippen LogP contribution in [0.3, 0.4) is 0 Å². The van der Waals surface area contributed by atoms with Crippen molar-refractivity contribution in [3.8, 4) is 0 Å². The Morgan fingerprint density at radius 3 is 2.43 bits per heavy atom. The molecule has 1 amide bonds. The van der Waals surface area contributed by atoms with Gasteiger partial charge in [0.25, 0.3) is 0 Å². The highest BCUT2D eigenvalue weighted by atomic mass is 127. The third-order valence-corrected chi connectivity index (χ3v) is 3.58. The predicted octanol–water partition coefficient (Wildman–Crippen LogP) is 2.22. The van der Waals surface area contributed by atoms with Gasteiger partial charge in [0.15, 0.2) is 5.96 Å². The van der Waals surface area contributed by atoms with E-state index in [9.17, 15) is 4.79 Å². The maximum atomic E-state index is 11.6. The van der Waals surface area contributed by atoms with Crippen LogP contribution in [0.4, 0.5) is 0 Å². The van der Waals surface area contributed by atoms with Gasteiger partial charge in [0.2, 0.25) is 5.91 Å². The second-order valence-electron chi connectivity index (χ2n) is 6.19. The summed E-state index contributed by atoms with van der Waals surface area (Å²) in [6.45, 7) is 5.51. The lowest BCUT2D eigenvalue weighted by Crippen LogP contribution is -2.43. The Balaban J connectivity index is 0.00000400. The number of hydrogen-bond donors (Lipinski definition) is 2. The molecular formula is C15H31IN4O. The Hall–Kier alpha value is -0.530. The molecule has 1 aliphatic carbocycles. The lowest BCUT2D eigenvalue weighted by molar-refractivity contribution is -0.127. The fourth-order valence-corrected chi connectivity index (χ4v) is 2.18. The molecule has 0 aromatic heterocycles. The highest BCUT2D eigenvalue weighted by molar-refractivity contribution is 14.0. The molecule has 0 saturated heterocycles. The molecule has 1 rings (SSSR count). The molecule has 0 bridgehead atoms. The molecule has 0 radical (unpaired) electrons. The predicted molar refractivity (Wildman–Crippen MR) is 99.3 cm³/mol. The summed E-state index contributed by atoms with van der Waals surface area (Å²) in [4.78, 5) is 17.6. The van der Waals surface area contributed by atoms with Gasteiger partial charge < -0.3 is 15.5 Å². The van der Waals surface area contributed by atoms with E-state index < -0.39 is 0 Å². The van der Waals surface area contributed by atoms with E-state index in [0.29, 0.717) is 12.0 Å². The molecule has 1 fully saturated rings. The van der Waals surface area contributed by atoms with Crippen LogP contribution in [0.5, 0.6) is 0 Å². The average molecular weight is 410 g/mol. The van der Waals surface area contributed by atoms with Crippen molar-refractivity contribution in [3.63, 3.8) is 0 Å². The molecule has 0 aliphatic heterocycles. The molecule has 0 aromatic carbocycles. The van der Waals surface area contributed by atoms with Crippen LogP contribution < -0.4 is 10.6 Å². The standard InChI is InChI=1S/C15H30N4O.HI/c1-12(2)9-10-16-15(17-11-14(20)19(3)4)18-13-7-5-6-8-13;/h12-13H,5-11H2,1-4H3,(H2,16,17,18);1H. The van der Waals surface area contributed by atoms with E-state index in [4.69, 9.17) is 0 Å². The first-order valence-electron chi connectivity index (χ1n) is 7.74. The number of rotatable bonds is 6. The molecule has 0 heterocycles. The van der Waals surface area contributed by atoms with Crippen molar-refractivity contribution in [2.24, 2.45) is 10.9 Å². The molecule has 0 aromatic rings. The average Bonchev–Trinajstić information content (AvgIpc) is 2.87. The molecule has 5 nitrogen and oxygen atoms in total. The van der Waals surface area contributed by atoms with E-state index in [2.05, 4.69) is 29.5 Å². The van der Waals surface area contributed by atoms with Crippen molar-refractivity contribution < 1.29 is 4.79 Å². The molecule has 6 heteroatoms. The number of guanidine groups is 1. The van der Waals surface area contributed by atoms with Crippen molar-refractivity contribution in [1.82, 2.24) is 15.5 Å². The van der Waals surface area contributed by atoms with Crippen LogP contribution in [0.2, 0.25) is 0 Å². The molecular weight excluding hydrogens is 379 g/mol. The van der Waals surface area contributed by atoms with E-state index in [1.165, 1.54) is 25.7 Å². The normalized spacial score (nSPS) is 15.8. The van der Waals surface area contributed by atoms with Crippen LogP contribution in [0, 0.1) is 5.92 Å². The highest BCUT2D eigenvalue weighted by Gasteiger charge is 2.16. The van der Waals surface area contributed by atoms with Gasteiger partial charge in [0.1, 0.15) is 6.54 Å². The Kier molecular flexibility index (Phi) is 10.8. The lowest BCUT2D eigenvalue weighted by atomic mass is 10.1. The first-order chi connectivity index (χ1) is 9.49. The first-order valence-corrected chi connectivity index (χ1v) is 7.74. The lowest BCUT2D eigenvalue weighted by Gasteiger charge is -2.18. The van der Waals surface area contributed by atoms with E-state index in [1.54, 1.807) is 19.0 Å². The Labute approximate surface area is 146 Å². The molecule has 1 saturated carbocycles. The number of likely N-dealkylation sites (N-methyl/N-ethyl adjacent to an activating group) is 1. The highest BCUT2D eigenvalue weighted by Crippen LogP contribution is 2.17. The third-order valence-electron chi connectivity index (χ3n) is 3.58. The number of carbonyl (C=O) groups excluding carboxylic acids is 1. The van der Waals surface area contributed by atoms with Crippen molar-refractivity contribution in [2.75, 3.05) is 27.2 Å². The quantitative estimate of drug-likeness (QED) is 0.401. The summed E-state index contributed by atoms with van der Waals surface area (Å²) in [6, 6.07) is 0.509. The summed E-state index contributed by atoms with van der Waals surface area (Å²) in [7, 11) is 3.52. The molecule has 21 heavy (non-hydrogen) atoms. The van der Waals surface area contributed by atoms with E-state index in [0.717, 1.165) is 18.9 Å². The van der Waals surface area contributed by atoms with Gasteiger partial charge in [-0.15, -0.1) is 24.0 Å². The minimum absolute atomic E-state index is 0. The second-order valence-corrected chi connectivity index (χ2v) is 6.19. The summed E-state index contributed by atoms with van der Waals surface area (Å²) in [5, 5.41) is 6.79. The number of nitrogens with one attached hydrogen (secondary N) is 2. The first kappa shape index (κ1) is 20.5. The third kappa shape index (κ3) is 9.16. The van der Waals surface area contributed by atoms with Gasteiger partial charge in [-0.1, -0.05) is 26.7 Å². The van der Waals surface area contributed by atoms with E-state index >= 15 is 0 Å². The molecule has 124 valence electrons. The maximum absolute atomic E-state index is 11.6. The van der Waals surface area contributed by atoms with Gasteiger partial charge in [0.05, 0.1) is 0 Å².